The summed E-state index contributed by atoms with van der Waals surface area (Å²) in [5.74, 6) is 0.610. The van der Waals surface area contributed by atoms with Crippen molar-refractivity contribution in [3.8, 4) is 5.75 Å². The van der Waals surface area contributed by atoms with Crippen LogP contribution in [0.25, 0.3) is 0 Å². The quantitative estimate of drug-likeness (QED) is 0.498. The fourth-order valence-electron chi connectivity index (χ4n) is 3.47. The van der Waals surface area contributed by atoms with E-state index < -0.39 is 11.7 Å². The van der Waals surface area contributed by atoms with Crippen LogP contribution >= 0.6 is 11.6 Å². The summed E-state index contributed by atoms with van der Waals surface area (Å²) in [6, 6.07) is 13.4. The van der Waals surface area contributed by atoms with Crippen molar-refractivity contribution in [1.82, 2.24) is 4.98 Å². The lowest BCUT2D eigenvalue weighted by molar-refractivity contribution is 0.102. The van der Waals surface area contributed by atoms with Gasteiger partial charge < -0.3 is 20.3 Å². The number of nitrogens with zero attached hydrogens (tertiary/aromatic N) is 2. The number of pyridine rings is 1. The third kappa shape index (κ3) is 4.62. The summed E-state index contributed by atoms with van der Waals surface area (Å²) in [4.78, 5) is 19.3. The molecule has 1 aromatic heterocycles. The molecule has 1 aliphatic heterocycles. The number of benzene rings is 2. The molecule has 2 N–H and O–H groups in total. The molecule has 2 heterocycles. The van der Waals surface area contributed by atoms with Crippen LogP contribution in [0, 0.1) is 11.7 Å². The highest BCUT2D eigenvalue weighted by molar-refractivity contribution is 6.33. The molecule has 1 amide bonds. The maximum atomic E-state index is 14.4. The standard InChI is InChI=1S/C24H24ClFN4O2/c1-15(2)14-28-20-9-8-16(13-19(20)26)29-24(31)17-5-3-7-21-22(17)32-12-11-30(21)23-18(25)6-4-10-27-23/h3-10,13,15,28H,11-12,14H2,1-2H3,(H,29,31). The summed E-state index contributed by atoms with van der Waals surface area (Å²) >= 11 is 6.34. The van der Waals surface area contributed by atoms with Crippen LogP contribution in [0.15, 0.2) is 54.7 Å². The van der Waals surface area contributed by atoms with E-state index in [0.29, 0.717) is 64.8 Å². The molecule has 0 saturated heterocycles. The SMILES string of the molecule is CC(C)CNc1ccc(NC(=O)c2cccc3c2OCCN3c2ncccc2Cl)cc1F. The van der Waals surface area contributed by atoms with Crippen molar-refractivity contribution in [2.24, 2.45) is 5.92 Å². The van der Waals surface area contributed by atoms with Gasteiger partial charge in [-0.2, -0.15) is 0 Å². The van der Waals surface area contributed by atoms with Crippen molar-refractivity contribution in [3.63, 3.8) is 0 Å². The van der Waals surface area contributed by atoms with Gasteiger partial charge in [-0.1, -0.05) is 31.5 Å². The number of para-hydroxylation sites is 1. The van der Waals surface area contributed by atoms with E-state index in [4.69, 9.17) is 16.3 Å². The third-order valence-corrected chi connectivity index (χ3v) is 5.31. The second kappa shape index (κ2) is 9.44. The van der Waals surface area contributed by atoms with Crippen LogP contribution in [0.3, 0.4) is 0 Å². The van der Waals surface area contributed by atoms with Gasteiger partial charge in [0.15, 0.2) is 11.6 Å². The zero-order valence-corrected chi connectivity index (χ0v) is 18.6. The van der Waals surface area contributed by atoms with E-state index in [0.717, 1.165) is 0 Å². The molecule has 0 unspecified atom stereocenters. The van der Waals surface area contributed by atoms with Crippen molar-refractivity contribution in [1.29, 1.82) is 0 Å². The van der Waals surface area contributed by atoms with E-state index in [2.05, 4.69) is 15.6 Å². The van der Waals surface area contributed by atoms with Gasteiger partial charge in [0.25, 0.3) is 5.91 Å². The van der Waals surface area contributed by atoms with Crippen molar-refractivity contribution in [2.45, 2.75) is 13.8 Å². The molecule has 0 fully saturated rings. The van der Waals surface area contributed by atoms with Crippen LogP contribution in [-0.2, 0) is 0 Å². The molecule has 2 aromatic carbocycles. The van der Waals surface area contributed by atoms with Crippen molar-refractivity contribution in [2.75, 3.05) is 35.2 Å². The normalized spacial score (nSPS) is 12.8. The molecule has 0 radical (unpaired) electrons. The highest BCUT2D eigenvalue weighted by atomic mass is 35.5. The molecule has 32 heavy (non-hydrogen) atoms. The zero-order valence-electron chi connectivity index (χ0n) is 17.9. The Kier molecular flexibility index (Phi) is 6.46. The molecule has 0 saturated carbocycles. The number of amides is 1. The molecule has 0 bridgehead atoms. The average Bonchev–Trinajstić information content (AvgIpc) is 2.78. The van der Waals surface area contributed by atoms with Gasteiger partial charge in [0.1, 0.15) is 12.4 Å². The average molecular weight is 455 g/mol. The first-order valence-corrected chi connectivity index (χ1v) is 10.8. The smallest absolute Gasteiger partial charge is 0.259 e. The summed E-state index contributed by atoms with van der Waals surface area (Å²) in [6.45, 7) is 5.67. The molecular formula is C24H24ClFN4O2. The van der Waals surface area contributed by atoms with Gasteiger partial charge in [0, 0.05) is 18.4 Å². The molecule has 8 heteroatoms. The predicted octanol–water partition coefficient (Wildman–Crippen LogP) is 5.72. The lowest BCUT2D eigenvalue weighted by Gasteiger charge is -2.31. The maximum Gasteiger partial charge on any atom is 0.259 e. The van der Waals surface area contributed by atoms with Gasteiger partial charge in [-0.05, 0) is 48.4 Å². The van der Waals surface area contributed by atoms with Crippen LogP contribution in [0.2, 0.25) is 5.02 Å². The Labute approximate surface area is 191 Å². The van der Waals surface area contributed by atoms with Crippen molar-refractivity contribution in [3.05, 3.63) is 71.1 Å². The minimum Gasteiger partial charge on any atom is -0.489 e. The molecular weight excluding hydrogens is 431 g/mol. The highest BCUT2D eigenvalue weighted by Gasteiger charge is 2.26. The molecule has 3 aromatic rings. The molecule has 4 rings (SSSR count). The minimum absolute atomic E-state index is 0.349. The fourth-order valence-corrected chi connectivity index (χ4v) is 3.70. The number of halogens is 2. The number of anilines is 4. The first-order chi connectivity index (χ1) is 15.4. The first-order valence-electron chi connectivity index (χ1n) is 10.4. The lowest BCUT2D eigenvalue weighted by atomic mass is 10.1. The van der Waals surface area contributed by atoms with Crippen LogP contribution < -0.4 is 20.3 Å². The Hall–Kier alpha value is -3.32. The molecule has 0 spiro atoms. The second-order valence-corrected chi connectivity index (χ2v) is 8.29. The van der Waals surface area contributed by atoms with Crippen LogP contribution in [0.5, 0.6) is 5.75 Å². The Morgan fingerprint density at radius 2 is 2.09 bits per heavy atom. The number of hydrogen-bond acceptors (Lipinski definition) is 5. The Morgan fingerprint density at radius 1 is 1.25 bits per heavy atom. The summed E-state index contributed by atoms with van der Waals surface area (Å²) in [5.41, 5.74) is 1.81. The largest absolute Gasteiger partial charge is 0.489 e. The zero-order chi connectivity index (χ0) is 22.7. The van der Waals surface area contributed by atoms with Crippen molar-refractivity contribution < 1.29 is 13.9 Å². The molecule has 0 aliphatic carbocycles. The van der Waals surface area contributed by atoms with Gasteiger partial charge >= 0.3 is 0 Å². The number of aromatic nitrogens is 1. The summed E-state index contributed by atoms with van der Waals surface area (Å²) in [5, 5.41) is 6.33. The van der Waals surface area contributed by atoms with Gasteiger partial charge in [0.05, 0.1) is 28.5 Å². The molecule has 0 atom stereocenters. The van der Waals surface area contributed by atoms with Crippen LogP contribution in [0.1, 0.15) is 24.2 Å². The van der Waals surface area contributed by atoms with Crippen LogP contribution in [-0.4, -0.2) is 30.6 Å². The highest BCUT2D eigenvalue weighted by Crippen LogP contribution is 2.40. The van der Waals surface area contributed by atoms with E-state index in [-0.39, 0.29) is 0 Å². The number of carbonyl (C=O) groups excluding carboxylic acids is 1. The monoisotopic (exact) mass is 454 g/mol. The molecule has 166 valence electrons. The second-order valence-electron chi connectivity index (χ2n) is 7.89. The van der Waals surface area contributed by atoms with E-state index in [9.17, 15) is 9.18 Å². The summed E-state index contributed by atoms with van der Waals surface area (Å²) < 4.78 is 20.3. The topological polar surface area (TPSA) is 66.5 Å². The third-order valence-electron chi connectivity index (χ3n) is 5.01. The van der Waals surface area contributed by atoms with Gasteiger partial charge in [0.2, 0.25) is 0 Å². The summed E-state index contributed by atoms with van der Waals surface area (Å²) in [7, 11) is 0. The van der Waals surface area contributed by atoms with Gasteiger partial charge in [-0.25, -0.2) is 9.37 Å². The maximum absolute atomic E-state index is 14.4. The number of fused-ring (bicyclic) bond motifs is 1. The summed E-state index contributed by atoms with van der Waals surface area (Å²) in [6.07, 6.45) is 1.67. The van der Waals surface area contributed by atoms with Gasteiger partial charge in [-0.3, -0.25) is 4.79 Å². The number of carbonyl (C=O) groups is 1. The van der Waals surface area contributed by atoms with E-state index in [1.165, 1.54) is 6.07 Å². The number of ether oxygens (including phenoxy) is 1. The van der Waals surface area contributed by atoms with Gasteiger partial charge in [-0.15, -0.1) is 0 Å². The minimum atomic E-state index is -0.425. The van der Waals surface area contributed by atoms with E-state index >= 15 is 0 Å². The molecule has 1 aliphatic rings. The first kappa shape index (κ1) is 21.9. The number of nitrogens with one attached hydrogen (secondary N) is 2. The Bertz CT molecular complexity index is 1140. The molecule has 6 nitrogen and oxygen atoms in total. The fraction of sp³-hybridized carbons (Fsp3) is 0.250. The Balaban J connectivity index is 1.58. The van der Waals surface area contributed by atoms with E-state index in [1.807, 2.05) is 24.8 Å². The predicted molar refractivity (Wildman–Crippen MR) is 126 cm³/mol. The number of hydrogen-bond donors (Lipinski definition) is 2. The Morgan fingerprint density at radius 3 is 2.84 bits per heavy atom. The van der Waals surface area contributed by atoms with Crippen molar-refractivity contribution >= 4 is 40.4 Å². The van der Waals surface area contributed by atoms with E-state index in [1.54, 1.807) is 42.6 Å². The lowest BCUT2D eigenvalue weighted by Crippen LogP contribution is -2.30. The number of rotatable bonds is 6. The van der Waals surface area contributed by atoms with Crippen LogP contribution in [0.4, 0.5) is 27.3 Å².